The van der Waals surface area contributed by atoms with Crippen molar-refractivity contribution in [1.82, 2.24) is 24.6 Å². The minimum absolute atomic E-state index is 0.0229. The molecule has 2 fully saturated rings. The number of halogens is 1. The topological polar surface area (TPSA) is 74.6 Å². The van der Waals surface area contributed by atoms with Crippen molar-refractivity contribution in [3.8, 4) is 0 Å². The van der Waals surface area contributed by atoms with Gasteiger partial charge in [0.2, 0.25) is 11.8 Å². The van der Waals surface area contributed by atoms with Gasteiger partial charge < -0.3 is 9.80 Å². The molecule has 2 amide bonds. The number of likely N-dealkylation sites (tertiary alicyclic amines) is 1. The van der Waals surface area contributed by atoms with E-state index in [-0.39, 0.29) is 23.8 Å². The van der Waals surface area contributed by atoms with E-state index in [1.54, 1.807) is 21.8 Å². The highest BCUT2D eigenvalue weighted by Crippen LogP contribution is 2.35. The summed E-state index contributed by atoms with van der Waals surface area (Å²) in [6.45, 7) is 7.13. The van der Waals surface area contributed by atoms with Crippen LogP contribution in [0.2, 0.25) is 0 Å². The Morgan fingerprint density at radius 2 is 2.06 bits per heavy atom. The van der Waals surface area contributed by atoms with Gasteiger partial charge >= 0.3 is 0 Å². The molecule has 0 aliphatic carbocycles. The van der Waals surface area contributed by atoms with Crippen LogP contribution in [-0.4, -0.2) is 74.6 Å². The molecule has 2 aliphatic heterocycles. The van der Waals surface area contributed by atoms with E-state index in [0.29, 0.717) is 37.8 Å². The first kappa shape index (κ1) is 21.4. The summed E-state index contributed by atoms with van der Waals surface area (Å²) < 4.78 is 14.8. The molecule has 31 heavy (non-hydrogen) atoms. The van der Waals surface area contributed by atoms with Crippen LogP contribution >= 0.6 is 0 Å². The number of aryl methyl sites for hydroxylation is 1. The molecule has 0 unspecified atom stereocenters. The summed E-state index contributed by atoms with van der Waals surface area (Å²) in [5.41, 5.74) is 1.05. The number of aromatic nitrogens is 3. The lowest BCUT2D eigenvalue weighted by Crippen LogP contribution is -2.66. The van der Waals surface area contributed by atoms with Gasteiger partial charge in [-0.05, 0) is 24.5 Å². The van der Waals surface area contributed by atoms with Gasteiger partial charge in [-0.1, -0.05) is 13.8 Å². The quantitative estimate of drug-likeness (QED) is 0.721. The number of amides is 2. The monoisotopic (exact) mass is 428 g/mol. The van der Waals surface area contributed by atoms with Crippen LogP contribution in [0, 0.1) is 11.7 Å². The molecule has 0 bridgehead atoms. The maximum Gasteiger partial charge on any atom is 0.241 e. The predicted octanol–water partition coefficient (Wildman–Crippen LogP) is 1.47. The molecule has 1 atom stereocenters. The molecule has 4 rings (SSSR count). The van der Waals surface area contributed by atoms with Crippen LogP contribution in [0.25, 0.3) is 0 Å². The van der Waals surface area contributed by atoms with Crippen molar-refractivity contribution >= 4 is 17.5 Å². The summed E-state index contributed by atoms with van der Waals surface area (Å²) in [4.78, 5) is 35.8. The van der Waals surface area contributed by atoms with Crippen LogP contribution in [0.1, 0.15) is 26.0 Å². The molecule has 166 valence electrons. The highest BCUT2D eigenvalue weighted by Gasteiger charge is 2.50. The smallest absolute Gasteiger partial charge is 0.241 e. The SMILES string of the molecule is CC(C)CN1CC(=O)N(c2cnn(C)c2)C[C@]12CCN(C(=O)Cc1ccc(F)cn1)C2. The summed E-state index contributed by atoms with van der Waals surface area (Å²) in [5, 5.41) is 4.22. The first-order valence-electron chi connectivity index (χ1n) is 10.7. The predicted molar refractivity (Wildman–Crippen MR) is 114 cm³/mol. The van der Waals surface area contributed by atoms with Crippen molar-refractivity contribution in [1.29, 1.82) is 0 Å². The zero-order chi connectivity index (χ0) is 22.2. The molecule has 2 aromatic heterocycles. The van der Waals surface area contributed by atoms with E-state index in [4.69, 9.17) is 0 Å². The fourth-order valence-electron chi connectivity index (χ4n) is 4.62. The van der Waals surface area contributed by atoms with Gasteiger partial charge in [0.25, 0.3) is 0 Å². The van der Waals surface area contributed by atoms with E-state index in [2.05, 4.69) is 28.8 Å². The lowest BCUT2D eigenvalue weighted by atomic mass is 9.91. The molecule has 0 radical (unpaired) electrons. The molecule has 8 nitrogen and oxygen atoms in total. The van der Waals surface area contributed by atoms with Crippen LogP contribution in [0.4, 0.5) is 10.1 Å². The second-order valence-electron chi connectivity index (χ2n) is 9.06. The standard InChI is InChI=1S/C22H29FN6O2/c1-16(2)11-28-13-21(31)29(19-10-25-26(3)12-19)15-22(28)6-7-27(14-22)20(30)8-18-5-4-17(23)9-24-18/h4-5,9-10,12,16H,6-8,11,13-15H2,1-3H3/t22-/m1/s1. The number of carbonyl (C=O) groups excluding carboxylic acids is 2. The number of carbonyl (C=O) groups is 2. The Bertz CT molecular complexity index is 959. The molecular formula is C22H29FN6O2. The zero-order valence-electron chi connectivity index (χ0n) is 18.3. The van der Waals surface area contributed by atoms with Crippen LogP contribution in [-0.2, 0) is 23.1 Å². The molecule has 2 aromatic rings. The summed E-state index contributed by atoms with van der Waals surface area (Å²) in [5.74, 6) is 0.0238. The van der Waals surface area contributed by atoms with Crippen molar-refractivity contribution in [3.05, 3.63) is 42.2 Å². The molecule has 9 heteroatoms. The first-order valence-corrected chi connectivity index (χ1v) is 10.7. The first-order chi connectivity index (χ1) is 14.8. The van der Waals surface area contributed by atoms with Crippen molar-refractivity contribution in [2.45, 2.75) is 32.2 Å². The Balaban J connectivity index is 1.53. The van der Waals surface area contributed by atoms with Gasteiger partial charge in [0, 0.05) is 45.1 Å². The second-order valence-corrected chi connectivity index (χ2v) is 9.06. The summed E-state index contributed by atoms with van der Waals surface area (Å²) in [7, 11) is 1.83. The van der Waals surface area contributed by atoms with Gasteiger partial charge in [0.05, 0.1) is 36.6 Å². The number of rotatable bonds is 5. The Kier molecular flexibility index (Phi) is 5.79. The van der Waals surface area contributed by atoms with E-state index >= 15 is 0 Å². The fraction of sp³-hybridized carbons (Fsp3) is 0.545. The highest BCUT2D eigenvalue weighted by atomic mass is 19.1. The summed E-state index contributed by atoms with van der Waals surface area (Å²) in [6.07, 6.45) is 5.64. The van der Waals surface area contributed by atoms with E-state index < -0.39 is 5.82 Å². The third-order valence-corrected chi connectivity index (χ3v) is 6.14. The Labute approximate surface area is 181 Å². The van der Waals surface area contributed by atoms with Crippen molar-refractivity contribution in [2.75, 3.05) is 37.6 Å². The van der Waals surface area contributed by atoms with Crippen LogP contribution in [0.3, 0.4) is 0 Å². The summed E-state index contributed by atoms with van der Waals surface area (Å²) >= 11 is 0. The average molecular weight is 429 g/mol. The summed E-state index contributed by atoms with van der Waals surface area (Å²) in [6, 6.07) is 2.87. The molecule has 4 heterocycles. The minimum atomic E-state index is -0.414. The Hall–Kier alpha value is -2.81. The van der Waals surface area contributed by atoms with Crippen LogP contribution in [0.5, 0.6) is 0 Å². The number of piperazine rings is 1. The normalized spacial score (nSPS) is 22.2. The largest absolute Gasteiger partial charge is 0.340 e. The van der Waals surface area contributed by atoms with Gasteiger partial charge in [-0.25, -0.2) is 4.39 Å². The number of pyridine rings is 1. The van der Waals surface area contributed by atoms with Gasteiger partial charge in [-0.2, -0.15) is 5.10 Å². The molecular weight excluding hydrogens is 399 g/mol. The average Bonchev–Trinajstić information content (AvgIpc) is 3.33. The fourth-order valence-corrected chi connectivity index (χ4v) is 4.62. The minimum Gasteiger partial charge on any atom is -0.340 e. The van der Waals surface area contributed by atoms with Crippen molar-refractivity contribution in [3.63, 3.8) is 0 Å². The van der Waals surface area contributed by atoms with Crippen LogP contribution < -0.4 is 4.90 Å². The molecule has 2 aliphatic rings. The third kappa shape index (κ3) is 4.46. The van der Waals surface area contributed by atoms with Crippen molar-refractivity contribution in [2.24, 2.45) is 13.0 Å². The van der Waals surface area contributed by atoms with E-state index in [1.807, 2.05) is 18.1 Å². The van der Waals surface area contributed by atoms with Crippen molar-refractivity contribution < 1.29 is 14.0 Å². The second kappa shape index (κ2) is 8.37. The van der Waals surface area contributed by atoms with Gasteiger partial charge in [0.15, 0.2) is 0 Å². The maximum atomic E-state index is 13.1. The Morgan fingerprint density at radius 1 is 1.26 bits per heavy atom. The number of hydrogen-bond donors (Lipinski definition) is 0. The highest BCUT2D eigenvalue weighted by molar-refractivity contribution is 5.95. The molecule has 2 saturated heterocycles. The van der Waals surface area contributed by atoms with Gasteiger partial charge in [0.1, 0.15) is 5.82 Å². The Morgan fingerprint density at radius 3 is 2.71 bits per heavy atom. The molecule has 0 saturated carbocycles. The van der Waals surface area contributed by atoms with Crippen LogP contribution in [0.15, 0.2) is 30.7 Å². The van der Waals surface area contributed by atoms with E-state index in [9.17, 15) is 14.0 Å². The molecule has 0 N–H and O–H groups in total. The molecule has 0 aromatic carbocycles. The molecule has 1 spiro atoms. The van der Waals surface area contributed by atoms with E-state index in [0.717, 1.165) is 24.8 Å². The third-order valence-electron chi connectivity index (χ3n) is 6.14. The number of hydrogen-bond acceptors (Lipinski definition) is 5. The van der Waals surface area contributed by atoms with E-state index in [1.165, 1.54) is 6.07 Å². The maximum absolute atomic E-state index is 13.1. The van der Waals surface area contributed by atoms with Gasteiger partial charge in [-0.15, -0.1) is 0 Å². The number of nitrogens with zero attached hydrogens (tertiary/aromatic N) is 6. The van der Waals surface area contributed by atoms with Gasteiger partial charge in [-0.3, -0.25) is 24.2 Å². The lowest BCUT2D eigenvalue weighted by Gasteiger charge is -2.48. The number of anilines is 1. The zero-order valence-corrected chi connectivity index (χ0v) is 18.3. The lowest BCUT2D eigenvalue weighted by molar-refractivity contribution is -0.130.